The highest BCUT2D eigenvalue weighted by molar-refractivity contribution is 7.89. The molecule has 1 fully saturated rings. The van der Waals surface area contributed by atoms with E-state index in [4.69, 9.17) is 9.88 Å². The van der Waals surface area contributed by atoms with Gasteiger partial charge >= 0.3 is 5.97 Å². The predicted octanol–water partition coefficient (Wildman–Crippen LogP) is 1.14. The molecule has 1 heterocycles. The van der Waals surface area contributed by atoms with E-state index in [0.717, 1.165) is 19.6 Å². The molecular formula is C21H25N3O5S. The van der Waals surface area contributed by atoms with Gasteiger partial charge in [-0.3, -0.25) is 9.69 Å². The van der Waals surface area contributed by atoms with Crippen molar-refractivity contribution in [2.24, 2.45) is 5.14 Å². The molecular weight excluding hydrogens is 406 g/mol. The van der Waals surface area contributed by atoms with E-state index >= 15 is 0 Å². The van der Waals surface area contributed by atoms with Crippen LogP contribution in [0.5, 0.6) is 0 Å². The Hall–Kier alpha value is -2.75. The fourth-order valence-corrected chi connectivity index (χ4v) is 3.82. The van der Waals surface area contributed by atoms with E-state index in [1.54, 1.807) is 4.90 Å². The van der Waals surface area contributed by atoms with Crippen molar-refractivity contribution in [3.05, 3.63) is 65.2 Å². The lowest BCUT2D eigenvalue weighted by Crippen LogP contribution is -2.49. The minimum atomic E-state index is -3.83. The number of hydrogen-bond donors (Lipinski definition) is 1. The molecule has 1 aliphatic heterocycles. The zero-order chi connectivity index (χ0) is 21.7. The van der Waals surface area contributed by atoms with E-state index in [-0.39, 0.29) is 23.0 Å². The molecule has 160 valence electrons. The number of ether oxygens (including phenoxy) is 1. The Bertz CT molecular complexity index is 1010. The highest BCUT2D eigenvalue weighted by Crippen LogP contribution is 2.12. The minimum Gasteiger partial charge on any atom is -0.452 e. The Morgan fingerprint density at radius 1 is 1.03 bits per heavy atom. The molecule has 2 N–H and O–H groups in total. The van der Waals surface area contributed by atoms with Gasteiger partial charge in [0.05, 0.1) is 10.5 Å². The van der Waals surface area contributed by atoms with Crippen molar-refractivity contribution in [2.75, 3.05) is 32.8 Å². The van der Waals surface area contributed by atoms with E-state index in [1.165, 1.54) is 35.4 Å². The summed E-state index contributed by atoms with van der Waals surface area (Å²) in [6.07, 6.45) is 0. The summed E-state index contributed by atoms with van der Waals surface area (Å²) in [4.78, 5) is 28.3. The van der Waals surface area contributed by atoms with Crippen LogP contribution in [0, 0.1) is 6.92 Å². The van der Waals surface area contributed by atoms with Crippen molar-refractivity contribution < 1.29 is 22.7 Å². The van der Waals surface area contributed by atoms with E-state index in [1.807, 2.05) is 6.07 Å². The zero-order valence-electron chi connectivity index (χ0n) is 16.8. The number of nitrogens with zero attached hydrogens (tertiary/aromatic N) is 2. The summed E-state index contributed by atoms with van der Waals surface area (Å²) in [5, 5.41) is 5.03. The molecule has 30 heavy (non-hydrogen) atoms. The predicted molar refractivity (Wildman–Crippen MR) is 111 cm³/mol. The molecule has 1 amide bonds. The smallest absolute Gasteiger partial charge is 0.338 e. The monoisotopic (exact) mass is 431 g/mol. The summed E-state index contributed by atoms with van der Waals surface area (Å²) in [5.74, 6) is -0.942. The molecule has 0 saturated carbocycles. The molecule has 1 aliphatic rings. The summed E-state index contributed by atoms with van der Waals surface area (Å²) < 4.78 is 27.6. The second-order valence-corrected chi connectivity index (χ2v) is 8.85. The molecule has 0 aromatic heterocycles. The number of esters is 1. The van der Waals surface area contributed by atoms with Gasteiger partial charge in [-0.15, -0.1) is 0 Å². The Balaban J connectivity index is 1.45. The molecule has 0 spiro atoms. The standard InChI is InChI=1S/C21H25N3O5S/c1-16-3-2-4-17(13-16)14-23-9-11-24(12-10-23)20(25)15-29-21(26)18-5-7-19(8-6-18)30(22,27)28/h2-8,13H,9-12,14-15H2,1H3,(H2,22,27,28). The van der Waals surface area contributed by atoms with Crippen LogP contribution in [0.25, 0.3) is 0 Å². The van der Waals surface area contributed by atoms with Crippen LogP contribution < -0.4 is 5.14 Å². The number of rotatable bonds is 6. The first-order valence-corrected chi connectivity index (χ1v) is 11.1. The van der Waals surface area contributed by atoms with Crippen LogP contribution in [-0.2, 0) is 26.1 Å². The maximum atomic E-state index is 12.4. The maximum absolute atomic E-state index is 12.4. The van der Waals surface area contributed by atoms with E-state index < -0.39 is 16.0 Å². The third-order valence-corrected chi connectivity index (χ3v) is 5.89. The summed E-state index contributed by atoms with van der Waals surface area (Å²) in [6.45, 7) is 5.21. The van der Waals surface area contributed by atoms with E-state index in [2.05, 4.69) is 30.0 Å². The fraction of sp³-hybridized carbons (Fsp3) is 0.333. The highest BCUT2D eigenvalue weighted by Gasteiger charge is 2.22. The lowest BCUT2D eigenvalue weighted by molar-refractivity contribution is -0.136. The van der Waals surface area contributed by atoms with Gasteiger partial charge < -0.3 is 9.64 Å². The lowest BCUT2D eigenvalue weighted by atomic mass is 10.1. The molecule has 2 aromatic carbocycles. The average molecular weight is 432 g/mol. The van der Waals surface area contributed by atoms with Gasteiger partial charge in [0.2, 0.25) is 10.0 Å². The number of amides is 1. The number of aryl methyl sites for hydroxylation is 1. The molecule has 0 unspecified atom stereocenters. The number of piperazine rings is 1. The molecule has 0 bridgehead atoms. The first-order valence-electron chi connectivity index (χ1n) is 9.58. The molecule has 0 atom stereocenters. The van der Waals surface area contributed by atoms with Crippen LogP contribution in [-0.4, -0.2) is 62.9 Å². The molecule has 3 rings (SSSR count). The van der Waals surface area contributed by atoms with Crippen molar-refractivity contribution in [3.8, 4) is 0 Å². The quantitative estimate of drug-likeness (QED) is 0.687. The SMILES string of the molecule is Cc1cccc(CN2CCN(C(=O)COC(=O)c3ccc(S(N)(=O)=O)cc3)CC2)c1. The number of carbonyl (C=O) groups is 2. The highest BCUT2D eigenvalue weighted by atomic mass is 32.2. The molecule has 8 nitrogen and oxygen atoms in total. The van der Waals surface area contributed by atoms with Crippen molar-refractivity contribution >= 4 is 21.9 Å². The summed E-state index contributed by atoms with van der Waals surface area (Å²) >= 11 is 0. The minimum absolute atomic E-state index is 0.0985. The Morgan fingerprint density at radius 3 is 2.30 bits per heavy atom. The van der Waals surface area contributed by atoms with Crippen LogP contribution >= 0.6 is 0 Å². The zero-order valence-corrected chi connectivity index (χ0v) is 17.6. The first-order chi connectivity index (χ1) is 14.2. The Morgan fingerprint density at radius 2 is 1.70 bits per heavy atom. The van der Waals surface area contributed by atoms with Gasteiger partial charge in [0.1, 0.15) is 0 Å². The van der Waals surface area contributed by atoms with Crippen molar-refractivity contribution in [1.82, 2.24) is 9.80 Å². The van der Waals surface area contributed by atoms with E-state index in [0.29, 0.717) is 13.1 Å². The van der Waals surface area contributed by atoms with Gasteiger partial charge in [-0.05, 0) is 36.8 Å². The third kappa shape index (κ3) is 5.88. The fourth-order valence-electron chi connectivity index (χ4n) is 3.31. The van der Waals surface area contributed by atoms with Crippen LogP contribution in [0.2, 0.25) is 0 Å². The molecule has 2 aromatic rings. The van der Waals surface area contributed by atoms with Gasteiger partial charge in [-0.1, -0.05) is 29.8 Å². The Labute approximate surface area is 176 Å². The van der Waals surface area contributed by atoms with Crippen LogP contribution in [0.3, 0.4) is 0 Å². The summed E-state index contributed by atoms with van der Waals surface area (Å²) in [7, 11) is -3.83. The third-order valence-electron chi connectivity index (χ3n) is 4.96. The van der Waals surface area contributed by atoms with Gasteiger partial charge in [0.25, 0.3) is 5.91 Å². The number of carbonyl (C=O) groups excluding carboxylic acids is 2. The Kier molecular flexibility index (Phi) is 6.86. The first kappa shape index (κ1) is 21.9. The largest absolute Gasteiger partial charge is 0.452 e. The molecule has 1 saturated heterocycles. The topological polar surface area (TPSA) is 110 Å². The number of nitrogens with two attached hydrogens (primary N) is 1. The summed E-state index contributed by atoms with van der Waals surface area (Å²) in [6, 6.07) is 13.4. The molecule has 0 aliphatic carbocycles. The number of sulfonamides is 1. The van der Waals surface area contributed by atoms with Crippen molar-refractivity contribution in [2.45, 2.75) is 18.4 Å². The van der Waals surface area contributed by atoms with Gasteiger partial charge in [0, 0.05) is 32.7 Å². The lowest BCUT2D eigenvalue weighted by Gasteiger charge is -2.34. The molecule has 9 heteroatoms. The second kappa shape index (κ2) is 9.38. The van der Waals surface area contributed by atoms with Crippen LogP contribution in [0.15, 0.2) is 53.4 Å². The average Bonchev–Trinajstić information content (AvgIpc) is 2.72. The van der Waals surface area contributed by atoms with Crippen LogP contribution in [0.1, 0.15) is 21.5 Å². The van der Waals surface area contributed by atoms with E-state index in [9.17, 15) is 18.0 Å². The molecule has 0 radical (unpaired) electrons. The maximum Gasteiger partial charge on any atom is 0.338 e. The van der Waals surface area contributed by atoms with Crippen molar-refractivity contribution in [1.29, 1.82) is 0 Å². The number of benzene rings is 2. The van der Waals surface area contributed by atoms with Crippen LogP contribution in [0.4, 0.5) is 0 Å². The summed E-state index contributed by atoms with van der Waals surface area (Å²) in [5.41, 5.74) is 2.62. The second-order valence-electron chi connectivity index (χ2n) is 7.29. The number of primary sulfonamides is 1. The van der Waals surface area contributed by atoms with Gasteiger partial charge in [-0.2, -0.15) is 0 Å². The van der Waals surface area contributed by atoms with Crippen molar-refractivity contribution in [3.63, 3.8) is 0 Å². The number of hydrogen-bond acceptors (Lipinski definition) is 6. The normalized spacial score (nSPS) is 15.1. The van der Waals surface area contributed by atoms with Gasteiger partial charge in [-0.25, -0.2) is 18.4 Å². The van der Waals surface area contributed by atoms with Gasteiger partial charge in [0.15, 0.2) is 6.61 Å².